The Kier molecular flexibility index (Phi) is 4.81. The van der Waals surface area contributed by atoms with Crippen molar-refractivity contribution in [1.29, 1.82) is 0 Å². The van der Waals surface area contributed by atoms with Gasteiger partial charge < -0.3 is 19.4 Å². The molecule has 0 amide bonds. The maximum absolute atomic E-state index is 5.73. The molecule has 0 aliphatic rings. The number of hydrogen-bond acceptors (Lipinski definition) is 3. The summed E-state index contributed by atoms with van der Waals surface area (Å²) >= 11 is 0. The molecular weight excluding hydrogens is 422 g/mol. The predicted octanol–water partition coefficient (Wildman–Crippen LogP) is 7.06. The van der Waals surface area contributed by atoms with Crippen LogP contribution in [0.25, 0.3) is 55.4 Å². The van der Waals surface area contributed by atoms with E-state index >= 15 is 0 Å². The van der Waals surface area contributed by atoms with Crippen LogP contribution in [0.3, 0.4) is 0 Å². The van der Waals surface area contributed by atoms with Gasteiger partial charge in [0.2, 0.25) is 0 Å². The van der Waals surface area contributed by atoms with Gasteiger partial charge in [-0.1, -0.05) is 36.4 Å². The summed E-state index contributed by atoms with van der Waals surface area (Å²) in [6.45, 7) is 0. The Morgan fingerprint density at radius 1 is 0.618 bits per heavy atom. The molecule has 5 heteroatoms. The Labute approximate surface area is 197 Å². The number of benzene rings is 3. The molecule has 166 valence electrons. The average molecular weight is 446 g/mol. The summed E-state index contributed by atoms with van der Waals surface area (Å²) in [5.74, 6) is 1.50. The molecule has 3 aromatic heterocycles. The zero-order valence-corrected chi connectivity index (χ0v) is 18.9. The van der Waals surface area contributed by atoms with E-state index in [1.165, 1.54) is 0 Å². The minimum absolute atomic E-state index is 0.750. The molecular formula is C29H23N3O2. The van der Waals surface area contributed by atoms with E-state index in [4.69, 9.17) is 14.5 Å². The fraction of sp³-hybridized carbons (Fsp3) is 0.0690. The summed E-state index contributed by atoms with van der Waals surface area (Å²) in [5, 5.41) is 2.28. The largest absolute Gasteiger partial charge is 0.497 e. The first-order valence-corrected chi connectivity index (χ1v) is 11.1. The number of nitrogens with zero attached hydrogens (tertiary/aromatic N) is 1. The number of fused-ring (bicyclic) bond motifs is 2. The minimum atomic E-state index is 0.750. The van der Waals surface area contributed by atoms with Crippen molar-refractivity contribution in [3.8, 4) is 45.1 Å². The Bertz CT molecular complexity index is 1550. The summed E-state index contributed by atoms with van der Waals surface area (Å²) in [6, 6.07) is 26.7. The maximum Gasteiger partial charge on any atom is 0.130 e. The number of hydrogen-bond donors (Lipinski definition) is 2. The predicted molar refractivity (Wildman–Crippen MR) is 137 cm³/mol. The number of rotatable bonds is 5. The number of aromatic amines is 2. The molecule has 0 fully saturated rings. The quantitative estimate of drug-likeness (QED) is 0.298. The van der Waals surface area contributed by atoms with Gasteiger partial charge in [0, 0.05) is 57.0 Å². The van der Waals surface area contributed by atoms with Crippen LogP contribution in [-0.2, 0) is 0 Å². The monoisotopic (exact) mass is 445 g/mol. The van der Waals surface area contributed by atoms with E-state index in [2.05, 4.69) is 58.5 Å². The third kappa shape index (κ3) is 3.30. The van der Waals surface area contributed by atoms with Crippen molar-refractivity contribution >= 4 is 21.8 Å². The molecule has 6 rings (SSSR count). The van der Waals surface area contributed by atoms with Crippen LogP contribution in [0.15, 0.2) is 91.3 Å². The van der Waals surface area contributed by atoms with Gasteiger partial charge in [-0.05, 0) is 42.0 Å². The lowest BCUT2D eigenvalue weighted by Gasteiger charge is -2.13. The van der Waals surface area contributed by atoms with Crippen LogP contribution < -0.4 is 9.47 Å². The molecule has 0 unspecified atom stereocenters. The van der Waals surface area contributed by atoms with Crippen molar-refractivity contribution in [2.45, 2.75) is 0 Å². The topological polar surface area (TPSA) is 62.9 Å². The number of para-hydroxylation sites is 2. The third-order valence-electron chi connectivity index (χ3n) is 6.28. The summed E-state index contributed by atoms with van der Waals surface area (Å²) < 4.78 is 11.1. The maximum atomic E-state index is 5.73. The molecule has 5 nitrogen and oxygen atoms in total. The van der Waals surface area contributed by atoms with E-state index in [9.17, 15) is 0 Å². The fourth-order valence-electron chi connectivity index (χ4n) is 4.57. The van der Waals surface area contributed by atoms with Gasteiger partial charge >= 0.3 is 0 Å². The minimum Gasteiger partial charge on any atom is -0.497 e. The summed E-state index contributed by atoms with van der Waals surface area (Å²) in [6.07, 6.45) is 4.06. The van der Waals surface area contributed by atoms with Gasteiger partial charge in [0.15, 0.2) is 0 Å². The average Bonchev–Trinajstić information content (AvgIpc) is 3.52. The second kappa shape index (κ2) is 8.12. The highest BCUT2D eigenvalue weighted by Crippen LogP contribution is 2.39. The Hall–Kier alpha value is -4.51. The molecule has 0 saturated carbocycles. The Morgan fingerprint density at radius 3 is 1.76 bits per heavy atom. The number of ether oxygens (including phenoxy) is 2. The first-order valence-electron chi connectivity index (χ1n) is 11.1. The number of H-pyrrole nitrogens is 2. The molecule has 3 aromatic carbocycles. The van der Waals surface area contributed by atoms with E-state index in [1.807, 2.05) is 42.7 Å². The lowest BCUT2D eigenvalue weighted by molar-refractivity contribution is 0.395. The molecule has 6 aromatic rings. The van der Waals surface area contributed by atoms with Gasteiger partial charge in [-0.15, -0.1) is 0 Å². The zero-order chi connectivity index (χ0) is 23.1. The highest BCUT2D eigenvalue weighted by atomic mass is 16.5. The van der Waals surface area contributed by atoms with E-state index in [-0.39, 0.29) is 0 Å². The van der Waals surface area contributed by atoms with Crippen LogP contribution in [0.1, 0.15) is 0 Å². The van der Waals surface area contributed by atoms with Crippen LogP contribution in [0.2, 0.25) is 0 Å². The van der Waals surface area contributed by atoms with Crippen LogP contribution in [0.5, 0.6) is 11.5 Å². The SMILES string of the molecule is COc1ccc(-c2cc(-c3c[nH]c4ccccc34)nc(-c3c[nH]c4ccccc34)c2)c(OC)c1. The van der Waals surface area contributed by atoms with E-state index in [0.717, 1.165) is 66.9 Å². The van der Waals surface area contributed by atoms with E-state index < -0.39 is 0 Å². The normalized spacial score (nSPS) is 11.2. The Morgan fingerprint density at radius 2 is 1.21 bits per heavy atom. The lowest BCUT2D eigenvalue weighted by atomic mass is 9.98. The van der Waals surface area contributed by atoms with Gasteiger partial charge in [0.25, 0.3) is 0 Å². The van der Waals surface area contributed by atoms with Crippen LogP contribution in [-0.4, -0.2) is 29.2 Å². The zero-order valence-electron chi connectivity index (χ0n) is 18.9. The van der Waals surface area contributed by atoms with Crippen LogP contribution in [0, 0.1) is 0 Å². The summed E-state index contributed by atoms with van der Waals surface area (Å²) in [4.78, 5) is 11.9. The van der Waals surface area contributed by atoms with Crippen LogP contribution >= 0.6 is 0 Å². The van der Waals surface area contributed by atoms with E-state index in [1.54, 1.807) is 14.2 Å². The highest BCUT2D eigenvalue weighted by molar-refractivity contribution is 5.98. The van der Waals surface area contributed by atoms with Crippen molar-refractivity contribution in [3.63, 3.8) is 0 Å². The van der Waals surface area contributed by atoms with Gasteiger partial charge in [0.05, 0.1) is 25.6 Å². The molecule has 3 heterocycles. The van der Waals surface area contributed by atoms with Gasteiger partial charge in [-0.2, -0.15) is 0 Å². The van der Waals surface area contributed by atoms with Crippen molar-refractivity contribution in [1.82, 2.24) is 15.0 Å². The van der Waals surface area contributed by atoms with Crippen molar-refractivity contribution in [3.05, 3.63) is 91.3 Å². The molecule has 0 aliphatic carbocycles. The first-order chi connectivity index (χ1) is 16.7. The van der Waals surface area contributed by atoms with E-state index in [0.29, 0.717) is 0 Å². The summed E-state index contributed by atoms with van der Waals surface area (Å²) in [7, 11) is 3.34. The molecule has 0 bridgehead atoms. The lowest BCUT2D eigenvalue weighted by Crippen LogP contribution is -1.94. The number of methoxy groups -OCH3 is 2. The van der Waals surface area contributed by atoms with Crippen molar-refractivity contribution < 1.29 is 9.47 Å². The standard InChI is InChI=1S/C29H23N3O2/c1-33-19-11-12-20(29(15-19)34-2)18-13-27(23-16-30-25-9-5-3-7-21(23)25)32-28(14-18)24-17-31-26-10-6-4-8-22(24)26/h3-17,30-31H,1-2H3. The Balaban J connectivity index is 1.62. The van der Waals surface area contributed by atoms with Gasteiger partial charge in [-0.25, -0.2) is 4.98 Å². The summed E-state index contributed by atoms with van der Waals surface area (Å²) in [5.41, 5.74) is 8.09. The molecule has 2 N–H and O–H groups in total. The third-order valence-corrected chi connectivity index (χ3v) is 6.28. The number of pyridine rings is 1. The molecule has 0 radical (unpaired) electrons. The van der Waals surface area contributed by atoms with Crippen molar-refractivity contribution in [2.24, 2.45) is 0 Å². The smallest absolute Gasteiger partial charge is 0.130 e. The fourth-order valence-corrected chi connectivity index (χ4v) is 4.57. The number of aromatic nitrogens is 3. The van der Waals surface area contributed by atoms with Crippen molar-refractivity contribution in [2.75, 3.05) is 14.2 Å². The molecule has 0 atom stereocenters. The second-order valence-corrected chi connectivity index (χ2v) is 8.19. The molecule has 0 aliphatic heterocycles. The molecule has 0 spiro atoms. The first kappa shape index (κ1) is 20.1. The van der Waals surface area contributed by atoms with Gasteiger partial charge in [0.1, 0.15) is 11.5 Å². The molecule has 34 heavy (non-hydrogen) atoms. The van der Waals surface area contributed by atoms with Crippen LogP contribution in [0.4, 0.5) is 0 Å². The number of nitrogens with one attached hydrogen (secondary N) is 2. The van der Waals surface area contributed by atoms with Gasteiger partial charge in [-0.3, -0.25) is 0 Å². The highest BCUT2D eigenvalue weighted by Gasteiger charge is 2.16. The second-order valence-electron chi connectivity index (χ2n) is 8.19. The molecule has 0 saturated heterocycles.